The average molecular weight is 424 g/mol. The van der Waals surface area contributed by atoms with E-state index >= 15 is 0 Å². The standard InChI is InChI=1S/C24H30FN5O/c1-3-28-8-10-29(11-9-28)22(31)13-18-4-6-30(7-5-18)24-19(15-26)16-27-23-17(2)12-20(25)14-21(23)24/h12,14,16,18H,3-11,13H2,1-2H3. The van der Waals surface area contributed by atoms with Gasteiger partial charge in [-0.05, 0) is 49.9 Å². The summed E-state index contributed by atoms with van der Waals surface area (Å²) in [6.07, 6.45) is 3.97. The van der Waals surface area contributed by atoms with Gasteiger partial charge in [0, 0.05) is 57.3 Å². The largest absolute Gasteiger partial charge is 0.370 e. The van der Waals surface area contributed by atoms with Gasteiger partial charge in [0.25, 0.3) is 0 Å². The summed E-state index contributed by atoms with van der Waals surface area (Å²) < 4.78 is 14.1. The van der Waals surface area contributed by atoms with Crippen molar-refractivity contribution in [2.75, 3.05) is 50.7 Å². The van der Waals surface area contributed by atoms with Gasteiger partial charge in [0.1, 0.15) is 11.9 Å². The molecule has 0 atom stereocenters. The van der Waals surface area contributed by atoms with Crippen molar-refractivity contribution in [3.63, 3.8) is 0 Å². The number of benzene rings is 1. The molecule has 2 aliphatic heterocycles. The van der Waals surface area contributed by atoms with Crippen molar-refractivity contribution >= 4 is 22.5 Å². The van der Waals surface area contributed by atoms with Gasteiger partial charge in [0.2, 0.25) is 5.91 Å². The Labute approximate surface area is 183 Å². The van der Waals surface area contributed by atoms with Crippen LogP contribution in [0.4, 0.5) is 10.1 Å². The Balaban J connectivity index is 1.44. The first-order valence-electron chi connectivity index (χ1n) is 11.2. The summed E-state index contributed by atoms with van der Waals surface area (Å²) >= 11 is 0. The quantitative estimate of drug-likeness (QED) is 0.755. The molecular weight excluding hydrogens is 393 g/mol. The lowest BCUT2D eigenvalue weighted by Gasteiger charge is -2.37. The van der Waals surface area contributed by atoms with E-state index in [1.165, 1.54) is 12.1 Å². The number of rotatable bonds is 4. The fourth-order valence-corrected chi connectivity index (χ4v) is 4.90. The summed E-state index contributed by atoms with van der Waals surface area (Å²) in [4.78, 5) is 23.7. The number of fused-ring (bicyclic) bond motifs is 1. The summed E-state index contributed by atoms with van der Waals surface area (Å²) in [5.41, 5.74) is 2.75. The van der Waals surface area contributed by atoms with Crippen molar-refractivity contribution in [2.45, 2.75) is 33.1 Å². The summed E-state index contributed by atoms with van der Waals surface area (Å²) in [5, 5.41) is 10.3. The molecule has 3 heterocycles. The first-order chi connectivity index (χ1) is 15.0. The number of nitriles is 1. The zero-order chi connectivity index (χ0) is 22.0. The molecule has 1 aromatic carbocycles. The van der Waals surface area contributed by atoms with E-state index in [4.69, 9.17) is 0 Å². The van der Waals surface area contributed by atoms with E-state index in [2.05, 4.69) is 27.8 Å². The van der Waals surface area contributed by atoms with Gasteiger partial charge in [-0.3, -0.25) is 9.78 Å². The molecule has 7 heteroatoms. The first kappa shape index (κ1) is 21.5. The van der Waals surface area contributed by atoms with Crippen LogP contribution in [0.1, 0.15) is 37.3 Å². The highest BCUT2D eigenvalue weighted by Gasteiger charge is 2.27. The van der Waals surface area contributed by atoms with Gasteiger partial charge in [-0.1, -0.05) is 6.92 Å². The average Bonchev–Trinajstić information content (AvgIpc) is 2.79. The lowest BCUT2D eigenvalue weighted by Crippen LogP contribution is -2.49. The van der Waals surface area contributed by atoms with Crippen LogP contribution >= 0.6 is 0 Å². The van der Waals surface area contributed by atoms with E-state index in [9.17, 15) is 14.4 Å². The molecule has 1 amide bonds. The molecule has 2 aromatic rings. The predicted octanol–water partition coefficient (Wildman–Crippen LogP) is 3.32. The molecule has 4 rings (SSSR count). The number of amides is 1. The van der Waals surface area contributed by atoms with Crippen molar-refractivity contribution in [1.82, 2.24) is 14.8 Å². The normalized spacial score (nSPS) is 18.4. The fraction of sp³-hybridized carbons (Fsp3) is 0.542. The molecule has 0 N–H and O–H groups in total. The molecule has 0 bridgehead atoms. The number of aryl methyl sites for hydroxylation is 1. The van der Waals surface area contributed by atoms with Crippen LogP contribution in [0.3, 0.4) is 0 Å². The Morgan fingerprint density at radius 1 is 1.19 bits per heavy atom. The highest BCUT2D eigenvalue weighted by atomic mass is 19.1. The number of piperazine rings is 1. The van der Waals surface area contributed by atoms with Crippen LogP contribution < -0.4 is 4.90 Å². The molecule has 0 unspecified atom stereocenters. The number of hydrogen-bond donors (Lipinski definition) is 0. The Kier molecular flexibility index (Phi) is 6.38. The molecule has 0 radical (unpaired) electrons. The third kappa shape index (κ3) is 4.49. The number of pyridine rings is 1. The van der Waals surface area contributed by atoms with Crippen LogP contribution in [-0.4, -0.2) is 66.5 Å². The Hall–Kier alpha value is -2.72. The molecule has 2 saturated heterocycles. The van der Waals surface area contributed by atoms with Gasteiger partial charge in [0.15, 0.2) is 0 Å². The molecule has 2 aliphatic rings. The topological polar surface area (TPSA) is 63.5 Å². The third-order valence-corrected chi connectivity index (χ3v) is 6.78. The number of nitrogens with zero attached hydrogens (tertiary/aromatic N) is 5. The Bertz CT molecular complexity index is 1000. The van der Waals surface area contributed by atoms with Crippen LogP contribution in [0.2, 0.25) is 0 Å². The molecule has 164 valence electrons. The maximum Gasteiger partial charge on any atom is 0.222 e. The fourth-order valence-electron chi connectivity index (χ4n) is 4.90. The van der Waals surface area contributed by atoms with Crippen molar-refractivity contribution in [3.8, 4) is 6.07 Å². The zero-order valence-electron chi connectivity index (χ0n) is 18.4. The summed E-state index contributed by atoms with van der Waals surface area (Å²) in [6, 6.07) is 5.19. The number of aromatic nitrogens is 1. The minimum Gasteiger partial charge on any atom is -0.370 e. The van der Waals surface area contributed by atoms with Crippen LogP contribution in [0.25, 0.3) is 10.9 Å². The first-order valence-corrected chi connectivity index (χ1v) is 11.2. The molecule has 0 aliphatic carbocycles. The van der Waals surface area contributed by atoms with E-state index in [0.29, 0.717) is 23.3 Å². The number of anilines is 1. The van der Waals surface area contributed by atoms with Crippen molar-refractivity contribution in [1.29, 1.82) is 5.26 Å². The van der Waals surface area contributed by atoms with Gasteiger partial charge in [0.05, 0.1) is 16.8 Å². The maximum absolute atomic E-state index is 14.1. The molecule has 0 spiro atoms. The van der Waals surface area contributed by atoms with Crippen LogP contribution in [-0.2, 0) is 4.79 Å². The van der Waals surface area contributed by atoms with Gasteiger partial charge in [-0.15, -0.1) is 0 Å². The van der Waals surface area contributed by atoms with Gasteiger partial charge >= 0.3 is 0 Å². The van der Waals surface area contributed by atoms with Crippen molar-refractivity contribution in [3.05, 3.63) is 35.3 Å². The number of likely N-dealkylation sites (N-methyl/N-ethyl adjacent to an activating group) is 1. The summed E-state index contributed by atoms with van der Waals surface area (Å²) in [6.45, 7) is 10.1. The number of carbonyl (C=O) groups is 1. The van der Waals surface area contributed by atoms with E-state index in [1.54, 1.807) is 6.20 Å². The number of hydrogen-bond acceptors (Lipinski definition) is 5. The Morgan fingerprint density at radius 2 is 1.90 bits per heavy atom. The van der Waals surface area contributed by atoms with Gasteiger partial charge in [-0.2, -0.15) is 5.26 Å². The van der Waals surface area contributed by atoms with Crippen LogP contribution in [0.5, 0.6) is 0 Å². The van der Waals surface area contributed by atoms with E-state index < -0.39 is 0 Å². The SMILES string of the molecule is CCN1CCN(C(=O)CC2CCN(c3c(C#N)cnc4c(C)cc(F)cc34)CC2)CC1. The molecule has 6 nitrogen and oxygen atoms in total. The molecular formula is C24H30FN5O. The lowest BCUT2D eigenvalue weighted by atomic mass is 9.91. The minimum absolute atomic E-state index is 0.263. The molecule has 0 saturated carbocycles. The zero-order valence-corrected chi connectivity index (χ0v) is 18.4. The second-order valence-electron chi connectivity index (χ2n) is 8.70. The monoisotopic (exact) mass is 423 g/mol. The maximum atomic E-state index is 14.1. The van der Waals surface area contributed by atoms with Crippen LogP contribution in [0, 0.1) is 30.0 Å². The van der Waals surface area contributed by atoms with Crippen LogP contribution in [0.15, 0.2) is 18.3 Å². The van der Waals surface area contributed by atoms with Crippen molar-refractivity contribution < 1.29 is 9.18 Å². The smallest absolute Gasteiger partial charge is 0.222 e. The Morgan fingerprint density at radius 3 is 2.55 bits per heavy atom. The number of halogens is 1. The lowest BCUT2D eigenvalue weighted by molar-refractivity contribution is -0.134. The van der Waals surface area contributed by atoms with Crippen molar-refractivity contribution in [2.24, 2.45) is 5.92 Å². The second-order valence-corrected chi connectivity index (χ2v) is 8.70. The number of carbonyl (C=O) groups excluding carboxylic acids is 1. The van der Waals surface area contributed by atoms with E-state index in [-0.39, 0.29) is 11.7 Å². The summed E-state index contributed by atoms with van der Waals surface area (Å²) in [7, 11) is 0. The molecule has 2 fully saturated rings. The second kappa shape index (κ2) is 9.19. The van der Waals surface area contributed by atoms with Gasteiger partial charge < -0.3 is 14.7 Å². The predicted molar refractivity (Wildman–Crippen MR) is 119 cm³/mol. The van der Waals surface area contributed by atoms with E-state index in [0.717, 1.165) is 75.4 Å². The highest BCUT2D eigenvalue weighted by Crippen LogP contribution is 2.34. The minimum atomic E-state index is -0.313. The van der Waals surface area contributed by atoms with Gasteiger partial charge in [-0.25, -0.2) is 4.39 Å². The number of piperidine rings is 1. The summed E-state index contributed by atoms with van der Waals surface area (Å²) in [5.74, 6) is 0.302. The third-order valence-electron chi connectivity index (χ3n) is 6.78. The molecule has 31 heavy (non-hydrogen) atoms. The molecule has 1 aromatic heterocycles. The van der Waals surface area contributed by atoms with E-state index in [1.807, 2.05) is 11.8 Å². The highest BCUT2D eigenvalue weighted by molar-refractivity contribution is 5.96.